The molecule has 3 nitrogen and oxygen atoms in total. The topological polar surface area (TPSA) is 40.7 Å². The molecule has 0 spiro atoms. The maximum Gasteiger partial charge on any atom is 0.139 e. The van der Waals surface area contributed by atoms with Gasteiger partial charge in [-0.15, -0.1) is 0 Å². The monoisotopic (exact) mass is 227 g/mol. The number of anilines is 2. The zero-order valence-corrected chi connectivity index (χ0v) is 8.94. The van der Waals surface area contributed by atoms with Crippen molar-refractivity contribution in [1.29, 1.82) is 0 Å². The van der Waals surface area contributed by atoms with Crippen LogP contribution in [0.25, 0.3) is 11.0 Å². The molecule has 0 amide bonds. The van der Waals surface area contributed by atoms with E-state index in [1.807, 2.05) is 24.4 Å². The molecule has 2 aromatic heterocycles. The van der Waals surface area contributed by atoms with E-state index in [1.165, 1.54) is 12.1 Å². The maximum absolute atomic E-state index is 13.1. The molecular weight excluding hydrogens is 217 g/mol. The second kappa shape index (κ2) is 3.90. The largest absolute Gasteiger partial charge is 0.355 e. The van der Waals surface area contributed by atoms with Crippen molar-refractivity contribution >= 4 is 22.4 Å². The minimum absolute atomic E-state index is 0.255. The first kappa shape index (κ1) is 9.84. The number of rotatable bonds is 2. The van der Waals surface area contributed by atoms with Gasteiger partial charge in [-0.1, -0.05) is 6.07 Å². The molecule has 0 aliphatic rings. The molecule has 1 aromatic carbocycles. The summed E-state index contributed by atoms with van der Waals surface area (Å²) in [4.78, 5) is 7.22. The van der Waals surface area contributed by atoms with Crippen LogP contribution in [0, 0.1) is 5.82 Å². The molecule has 84 valence electrons. The Labute approximate surface area is 97.3 Å². The zero-order valence-electron chi connectivity index (χ0n) is 8.94. The van der Waals surface area contributed by atoms with Gasteiger partial charge >= 0.3 is 0 Å². The SMILES string of the molecule is Fc1cccc(Nc2ccnc3[nH]ccc23)c1. The van der Waals surface area contributed by atoms with Crippen molar-refractivity contribution in [2.75, 3.05) is 5.32 Å². The van der Waals surface area contributed by atoms with Crippen LogP contribution in [0.2, 0.25) is 0 Å². The lowest BCUT2D eigenvalue weighted by Crippen LogP contribution is -1.92. The molecule has 2 N–H and O–H groups in total. The lowest BCUT2D eigenvalue weighted by atomic mass is 10.2. The standard InChI is InChI=1S/C13H10FN3/c14-9-2-1-3-10(8-9)17-12-5-7-16-13-11(12)4-6-15-13/h1-8H,(H2,15,16,17). The Morgan fingerprint density at radius 1 is 1.18 bits per heavy atom. The highest BCUT2D eigenvalue weighted by atomic mass is 19.1. The van der Waals surface area contributed by atoms with Crippen molar-refractivity contribution in [2.45, 2.75) is 0 Å². The number of nitrogens with zero attached hydrogens (tertiary/aromatic N) is 1. The molecule has 0 saturated carbocycles. The predicted molar refractivity (Wildman–Crippen MR) is 65.8 cm³/mol. The maximum atomic E-state index is 13.1. The number of benzene rings is 1. The third-order valence-corrected chi connectivity index (χ3v) is 2.56. The lowest BCUT2D eigenvalue weighted by molar-refractivity contribution is 0.628. The van der Waals surface area contributed by atoms with Gasteiger partial charge in [0.2, 0.25) is 0 Å². The average Bonchev–Trinajstić information content (AvgIpc) is 2.78. The average molecular weight is 227 g/mol. The van der Waals surface area contributed by atoms with Crippen molar-refractivity contribution in [3.63, 3.8) is 0 Å². The van der Waals surface area contributed by atoms with Crippen molar-refractivity contribution in [1.82, 2.24) is 9.97 Å². The van der Waals surface area contributed by atoms with Crippen molar-refractivity contribution in [2.24, 2.45) is 0 Å². The first-order valence-corrected chi connectivity index (χ1v) is 5.27. The number of pyridine rings is 1. The molecule has 17 heavy (non-hydrogen) atoms. The predicted octanol–water partition coefficient (Wildman–Crippen LogP) is 3.45. The lowest BCUT2D eigenvalue weighted by Gasteiger charge is -2.07. The van der Waals surface area contributed by atoms with Crippen LogP contribution in [0.3, 0.4) is 0 Å². The van der Waals surface area contributed by atoms with E-state index >= 15 is 0 Å². The number of nitrogens with one attached hydrogen (secondary N) is 2. The van der Waals surface area contributed by atoms with Crippen molar-refractivity contribution in [3.05, 3.63) is 54.6 Å². The van der Waals surface area contributed by atoms with Crippen LogP contribution in [-0.4, -0.2) is 9.97 Å². The Kier molecular flexibility index (Phi) is 2.26. The summed E-state index contributed by atoms with van der Waals surface area (Å²) >= 11 is 0. The molecule has 0 aliphatic carbocycles. The highest BCUT2D eigenvalue weighted by Crippen LogP contribution is 2.24. The van der Waals surface area contributed by atoms with Gasteiger partial charge in [0, 0.05) is 23.5 Å². The van der Waals surface area contributed by atoms with Gasteiger partial charge in [-0.2, -0.15) is 0 Å². The van der Waals surface area contributed by atoms with Gasteiger partial charge < -0.3 is 10.3 Å². The van der Waals surface area contributed by atoms with Crippen LogP contribution in [0.4, 0.5) is 15.8 Å². The molecule has 0 bridgehead atoms. The summed E-state index contributed by atoms with van der Waals surface area (Å²) in [5.74, 6) is -0.255. The highest BCUT2D eigenvalue weighted by Gasteiger charge is 2.03. The summed E-state index contributed by atoms with van der Waals surface area (Å²) in [5.41, 5.74) is 2.44. The molecule has 3 rings (SSSR count). The van der Waals surface area contributed by atoms with E-state index in [4.69, 9.17) is 0 Å². The summed E-state index contributed by atoms with van der Waals surface area (Å²) < 4.78 is 13.1. The number of H-pyrrole nitrogens is 1. The van der Waals surface area contributed by atoms with E-state index in [1.54, 1.807) is 12.3 Å². The van der Waals surface area contributed by atoms with Crippen LogP contribution in [0.1, 0.15) is 0 Å². The van der Waals surface area contributed by atoms with Crippen LogP contribution in [0.15, 0.2) is 48.8 Å². The Morgan fingerprint density at radius 2 is 2.12 bits per heavy atom. The Bertz CT molecular complexity index is 660. The molecule has 0 unspecified atom stereocenters. The number of fused-ring (bicyclic) bond motifs is 1. The van der Waals surface area contributed by atoms with Crippen molar-refractivity contribution in [3.8, 4) is 0 Å². The number of aromatic nitrogens is 2. The van der Waals surface area contributed by atoms with E-state index < -0.39 is 0 Å². The fourth-order valence-electron chi connectivity index (χ4n) is 1.79. The van der Waals surface area contributed by atoms with Crippen LogP contribution < -0.4 is 5.32 Å². The molecular formula is C13H10FN3. The smallest absolute Gasteiger partial charge is 0.139 e. The fourth-order valence-corrected chi connectivity index (χ4v) is 1.79. The van der Waals surface area contributed by atoms with Gasteiger partial charge in [0.15, 0.2) is 0 Å². The number of aromatic amines is 1. The summed E-state index contributed by atoms with van der Waals surface area (Å²) in [6, 6.07) is 10.2. The van der Waals surface area contributed by atoms with E-state index in [-0.39, 0.29) is 5.82 Å². The Hall–Kier alpha value is -2.36. The van der Waals surface area contributed by atoms with E-state index in [9.17, 15) is 4.39 Å². The highest BCUT2D eigenvalue weighted by molar-refractivity contribution is 5.91. The van der Waals surface area contributed by atoms with E-state index in [2.05, 4.69) is 15.3 Å². The Morgan fingerprint density at radius 3 is 3.00 bits per heavy atom. The van der Waals surface area contributed by atoms with Gasteiger partial charge in [-0.05, 0) is 30.3 Å². The minimum Gasteiger partial charge on any atom is -0.355 e. The molecule has 2 heterocycles. The normalized spacial score (nSPS) is 10.6. The summed E-state index contributed by atoms with van der Waals surface area (Å²) in [7, 11) is 0. The molecule has 3 aromatic rings. The second-order valence-corrected chi connectivity index (χ2v) is 3.73. The second-order valence-electron chi connectivity index (χ2n) is 3.73. The quantitative estimate of drug-likeness (QED) is 0.704. The number of hydrogen-bond acceptors (Lipinski definition) is 2. The fraction of sp³-hybridized carbons (Fsp3) is 0. The molecule has 0 saturated heterocycles. The molecule has 0 aliphatic heterocycles. The van der Waals surface area contributed by atoms with Gasteiger partial charge in [-0.25, -0.2) is 9.37 Å². The van der Waals surface area contributed by atoms with E-state index in [0.29, 0.717) is 0 Å². The summed E-state index contributed by atoms with van der Waals surface area (Å²) in [6.07, 6.45) is 3.54. The molecule has 0 fully saturated rings. The van der Waals surface area contributed by atoms with Gasteiger partial charge in [-0.3, -0.25) is 0 Å². The van der Waals surface area contributed by atoms with Crippen LogP contribution in [0.5, 0.6) is 0 Å². The molecule has 0 radical (unpaired) electrons. The minimum atomic E-state index is -0.255. The third-order valence-electron chi connectivity index (χ3n) is 2.56. The summed E-state index contributed by atoms with van der Waals surface area (Å²) in [6.45, 7) is 0. The zero-order chi connectivity index (χ0) is 11.7. The first-order chi connectivity index (χ1) is 8.33. The number of hydrogen-bond donors (Lipinski definition) is 2. The number of halogens is 1. The molecule has 0 atom stereocenters. The third kappa shape index (κ3) is 1.85. The van der Waals surface area contributed by atoms with Gasteiger partial charge in [0.25, 0.3) is 0 Å². The van der Waals surface area contributed by atoms with E-state index in [0.717, 1.165) is 22.4 Å². The molecule has 4 heteroatoms. The Balaban J connectivity index is 2.02. The van der Waals surface area contributed by atoms with Gasteiger partial charge in [0.05, 0.1) is 5.69 Å². The van der Waals surface area contributed by atoms with Crippen molar-refractivity contribution < 1.29 is 4.39 Å². The first-order valence-electron chi connectivity index (χ1n) is 5.27. The van der Waals surface area contributed by atoms with Gasteiger partial charge in [0.1, 0.15) is 11.5 Å². The van der Waals surface area contributed by atoms with Crippen LogP contribution in [-0.2, 0) is 0 Å². The summed E-state index contributed by atoms with van der Waals surface area (Å²) in [5, 5.41) is 4.16. The van der Waals surface area contributed by atoms with Crippen LogP contribution >= 0.6 is 0 Å².